The Bertz CT molecular complexity index is 372. The molecular formula is C17H30N2O3. The summed E-state index contributed by atoms with van der Waals surface area (Å²) in [5.41, 5.74) is 0. The first-order valence-electron chi connectivity index (χ1n) is 8.90. The lowest BCUT2D eigenvalue weighted by molar-refractivity contribution is -0.142. The third-order valence-electron chi connectivity index (χ3n) is 5.30. The van der Waals surface area contributed by atoms with Crippen molar-refractivity contribution in [1.82, 2.24) is 10.6 Å². The molecule has 2 amide bonds. The summed E-state index contributed by atoms with van der Waals surface area (Å²) in [5, 5.41) is 15.2. The Morgan fingerprint density at radius 2 is 1.73 bits per heavy atom. The number of carbonyl (C=O) groups excluding carboxylic acids is 1. The number of urea groups is 1. The third kappa shape index (κ3) is 4.89. The number of carboxylic acids is 1. The van der Waals surface area contributed by atoms with Crippen LogP contribution in [0.1, 0.15) is 71.1 Å². The maximum atomic E-state index is 12.2. The lowest BCUT2D eigenvalue weighted by Gasteiger charge is -2.29. The minimum atomic E-state index is -0.702. The van der Waals surface area contributed by atoms with Crippen LogP contribution >= 0.6 is 0 Å². The van der Waals surface area contributed by atoms with E-state index < -0.39 is 5.97 Å². The van der Waals surface area contributed by atoms with Gasteiger partial charge in [-0.05, 0) is 50.9 Å². The first-order chi connectivity index (χ1) is 10.6. The molecule has 126 valence electrons. The zero-order chi connectivity index (χ0) is 15.9. The normalized spacial score (nSPS) is 27.3. The molecule has 1 atom stereocenters. The molecule has 0 saturated heterocycles. The van der Waals surface area contributed by atoms with E-state index in [1.54, 1.807) is 0 Å². The van der Waals surface area contributed by atoms with E-state index in [0.29, 0.717) is 24.8 Å². The van der Waals surface area contributed by atoms with Gasteiger partial charge in [-0.25, -0.2) is 4.79 Å². The van der Waals surface area contributed by atoms with Gasteiger partial charge in [0.15, 0.2) is 0 Å². The van der Waals surface area contributed by atoms with Crippen molar-refractivity contribution in [3.8, 4) is 0 Å². The molecule has 1 unspecified atom stereocenters. The van der Waals surface area contributed by atoms with Crippen molar-refractivity contribution in [2.75, 3.05) is 0 Å². The number of hydrogen-bond donors (Lipinski definition) is 3. The Labute approximate surface area is 133 Å². The van der Waals surface area contributed by atoms with Gasteiger partial charge in [-0.15, -0.1) is 0 Å². The molecular weight excluding hydrogens is 280 g/mol. The van der Waals surface area contributed by atoms with Crippen LogP contribution in [0.25, 0.3) is 0 Å². The van der Waals surface area contributed by atoms with Crippen LogP contribution in [-0.4, -0.2) is 29.2 Å². The van der Waals surface area contributed by atoms with Crippen molar-refractivity contribution in [2.45, 2.75) is 83.2 Å². The second kappa shape index (κ2) is 8.39. The summed E-state index contributed by atoms with van der Waals surface area (Å²) in [6, 6.07) is 0.355. The Kier molecular flexibility index (Phi) is 6.52. The van der Waals surface area contributed by atoms with Gasteiger partial charge >= 0.3 is 12.0 Å². The van der Waals surface area contributed by atoms with Gasteiger partial charge in [-0.3, -0.25) is 4.79 Å². The summed E-state index contributed by atoms with van der Waals surface area (Å²) in [4.78, 5) is 23.2. The van der Waals surface area contributed by atoms with E-state index in [2.05, 4.69) is 17.6 Å². The second-order valence-corrected chi connectivity index (χ2v) is 6.94. The first-order valence-corrected chi connectivity index (χ1v) is 8.90. The highest BCUT2D eigenvalue weighted by Gasteiger charge is 2.29. The number of rotatable bonds is 6. The largest absolute Gasteiger partial charge is 0.481 e. The van der Waals surface area contributed by atoms with Gasteiger partial charge in [0, 0.05) is 12.1 Å². The summed E-state index contributed by atoms with van der Waals surface area (Å²) in [5.74, 6) is -0.298. The second-order valence-electron chi connectivity index (χ2n) is 6.94. The van der Waals surface area contributed by atoms with E-state index in [4.69, 9.17) is 5.11 Å². The fourth-order valence-corrected chi connectivity index (χ4v) is 3.98. The highest BCUT2D eigenvalue weighted by molar-refractivity contribution is 5.74. The van der Waals surface area contributed by atoms with Crippen molar-refractivity contribution in [3.63, 3.8) is 0 Å². The zero-order valence-corrected chi connectivity index (χ0v) is 13.6. The SMILES string of the molecule is CCCC(NC(=O)NC1CCC(C(=O)O)CC1)C1CCCC1. The molecule has 0 aliphatic heterocycles. The fraction of sp³-hybridized carbons (Fsp3) is 0.882. The van der Waals surface area contributed by atoms with Gasteiger partial charge in [0.2, 0.25) is 0 Å². The van der Waals surface area contributed by atoms with Crippen LogP contribution in [0.2, 0.25) is 0 Å². The van der Waals surface area contributed by atoms with Crippen molar-refractivity contribution in [1.29, 1.82) is 0 Å². The lowest BCUT2D eigenvalue weighted by atomic mass is 9.86. The highest BCUT2D eigenvalue weighted by Crippen LogP contribution is 2.29. The zero-order valence-electron chi connectivity index (χ0n) is 13.6. The summed E-state index contributed by atoms with van der Waals surface area (Å²) in [6.45, 7) is 2.16. The number of nitrogens with one attached hydrogen (secondary N) is 2. The molecule has 0 aromatic heterocycles. The molecule has 2 saturated carbocycles. The van der Waals surface area contributed by atoms with E-state index in [0.717, 1.165) is 25.7 Å². The smallest absolute Gasteiger partial charge is 0.315 e. The van der Waals surface area contributed by atoms with Crippen molar-refractivity contribution in [2.24, 2.45) is 11.8 Å². The van der Waals surface area contributed by atoms with Gasteiger partial charge in [-0.1, -0.05) is 26.2 Å². The Balaban J connectivity index is 1.75. The standard InChI is InChI=1S/C17H30N2O3/c1-2-5-15(12-6-3-4-7-12)19-17(22)18-14-10-8-13(9-11-14)16(20)21/h12-15H,2-11H2,1H3,(H,20,21)(H2,18,19,22). The van der Waals surface area contributed by atoms with E-state index in [1.807, 2.05) is 0 Å². The molecule has 0 bridgehead atoms. The Morgan fingerprint density at radius 3 is 2.27 bits per heavy atom. The summed E-state index contributed by atoms with van der Waals surface area (Å²) in [6.07, 6.45) is 10.0. The van der Waals surface area contributed by atoms with Gasteiger partial charge in [0.25, 0.3) is 0 Å². The van der Waals surface area contributed by atoms with E-state index >= 15 is 0 Å². The predicted molar refractivity (Wildman–Crippen MR) is 85.7 cm³/mol. The molecule has 2 fully saturated rings. The topological polar surface area (TPSA) is 78.4 Å². The molecule has 2 aliphatic rings. The molecule has 5 heteroatoms. The van der Waals surface area contributed by atoms with E-state index in [-0.39, 0.29) is 18.0 Å². The van der Waals surface area contributed by atoms with Crippen LogP contribution in [0, 0.1) is 11.8 Å². The minimum Gasteiger partial charge on any atom is -0.481 e. The number of carbonyl (C=O) groups is 2. The fourth-order valence-electron chi connectivity index (χ4n) is 3.98. The van der Waals surface area contributed by atoms with Gasteiger partial charge < -0.3 is 15.7 Å². The van der Waals surface area contributed by atoms with E-state index in [1.165, 1.54) is 25.7 Å². The third-order valence-corrected chi connectivity index (χ3v) is 5.30. The van der Waals surface area contributed by atoms with Gasteiger partial charge in [0.1, 0.15) is 0 Å². The summed E-state index contributed by atoms with van der Waals surface area (Å²) < 4.78 is 0. The molecule has 5 nitrogen and oxygen atoms in total. The number of amides is 2. The quantitative estimate of drug-likeness (QED) is 0.704. The number of aliphatic carboxylic acids is 1. The van der Waals surface area contributed by atoms with Gasteiger partial charge in [-0.2, -0.15) is 0 Å². The minimum absolute atomic E-state index is 0.0656. The average Bonchev–Trinajstić information content (AvgIpc) is 3.01. The maximum Gasteiger partial charge on any atom is 0.315 e. The van der Waals surface area contributed by atoms with Crippen LogP contribution in [0.4, 0.5) is 4.79 Å². The molecule has 0 aromatic carbocycles. The first kappa shape index (κ1) is 17.1. The van der Waals surface area contributed by atoms with Crippen molar-refractivity contribution < 1.29 is 14.7 Å². The summed E-state index contributed by atoms with van der Waals surface area (Å²) in [7, 11) is 0. The number of hydrogen-bond acceptors (Lipinski definition) is 2. The van der Waals surface area contributed by atoms with E-state index in [9.17, 15) is 9.59 Å². The van der Waals surface area contributed by atoms with Gasteiger partial charge in [0.05, 0.1) is 5.92 Å². The van der Waals surface area contributed by atoms with Crippen LogP contribution in [0.5, 0.6) is 0 Å². The molecule has 0 spiro atoms. The number of carboxylic acid groups (broad SMARTS) is 1. The molecule has 0 heterocycles. The Morgan fingerprint density at radius 1 is 1.09 bits per heavy atom. The van der Waals surface area contributed by atoms with Crippen LogP contribution in [-0.2, 0) is 4.79 Å². The Hall–Kier alpha value is -1.26. The van der Waals surface area contributed by atoms with Crippen LogP contribution < -0.4 is 10.6 Å². The van der Waals surface area contributed by atoms with Crippen LogP contribution in [0.15, 0.2) is 0 Å². The molecule has 0 radical (unpaired) electrons. The van der Waals surface area contributed by atoms with Crippen molar-refractivity contribution >= 4 is 12.0 Å². The summed E-state index contributed by atoms with van der Waals surface area (Å²) >= 11 is 0. The predicted octanol–water partition coefficient (Wildman–Crippen LogP) is 3.29. The molecule has 2 rings (SSSR count). The monoisotopic (exact) mass is 310 g/mol. The van der Waals surface area contributed by atoms with Crippen LogP contribution in [0.3, 0.4) is 0 Å². The molecule has 2 aliphatic carbocycles. The lowest BCUT2D eigenvalue weighted by Crippen LogP contribution is -2.49. The molecule has 22 heavy (non-hydrogen) atoms. The molecule has 3 N–H and O–H groups in total. The average molecular weight is 310 g/mol. The highest BCUT2D eigenvalue weighted by atomic mass is 16.4. The molecule has 0 aromatic rings. The maximum absolute atomic E-state index is 12.2. The van der Waals surface area contributed by atoms with Crippen molar-refractivity contribution in [3.05, 3.63) is 0 Å².